The van der Waals surface area contributed by atoms with Gasteiger partial charge >= 0.3 is 0 Å². The van der Waals surface area contributed by atoms with Gasteiger partial charge in [0.05, 0.1) is 24.5 Å². The Balaban J connectivity index is 1.25. The monoisotopic (exact) mass is 471 g/mol. The average Bonchev–Trinajstić information content (AvgIpc) is 3.33. The average molecular weight is 472 g/mol. The van der Waals surface area contributed by atoms with Crippen LogP contribution < -0.4 is 15.0 Å². The number of piperazine rings is 1. The van der Waals surface area contributed by atoms with Crippen molar-refractivity contribution in [2.45, 2.75) is 19.6 Å². The van der Waals surface area contributed by atoms with E-state index in [0.29, 0.717) is 12.2 Å². The summed E-state index contributed by atoms with van der Waals surface area (Å²) < 4.78 is 13.8. The maximum atomic E-state index is 12.0. The van der Waals surface area contributed by atoms with Crippen molar-refractivity contribution < 1.29 is 9.53 Å². The third-order valence-corrected chi connectivity index (χ3v) is 6.04. The topological polar surface area (TPSA) is 70.6 Å². The number of halogens is 1. The fourth-order valence-electron chi connectivity index (χ4n) is 3.68. The lowest BCUT2D eigenvalue weighted by Crippen LogP contribution is -2.45. The van der Waals surface area contributed by atoms with Gasteiger partial charge in [-0.3, -0.25) is 9.69 Å². The molecule has 0 radical (unpaired) electrons. The molecule has 168 valence electrons. The quantitative estimate of drug-likeness (QED) is 0.540. The minimum absolute atomic E-state index is 0.165. The van der Waals surface area contributed by atoms with Crippen molar-refractivity contribution in [3.8, 4) is 5.75 Å². The first kappa shape index (κ1) is 22.5. The van der Waals surface area contributed by atoms with Crippen molar-refractivity contribution in [3.05, 3.63) is 71.0 Å². The molecule has 0 saturated carbocycles. The Morgan fingerprint density at radius 3 is 2.75 bits per heavy atom. The fourth-order valence-corrected chi connectivity index (χ4v) is 4.27. The Kier molecular flexibility index (Phi) is 7.57. The van der Waals surface area contributed by atoms with Gasteiger partial charge in [0.1, 0.15) is 11.9 Å². The van der Waals surface area contributed by atoms with E-state index in [0.717, 1.165) is 55.2 Å². The van der Waals surface area contributed by atoms with Gasteiger partial charge in [0.15, 0.2) is 5.69 Å². The maximum Gasteiger partial charge on any atom is 0.272 e. The van der Waals surface area contributed by atoms with Crippen molar-refractivity contribution in [1.29, 1.82) is 0 Å². The van der Waals surface area contributed by atoms with Gasteiger partial charge in [-0.2, -0.15) is 8.75 Å². The minimum Gasteiger partial charge on any atom is -0.489 e. The predicted octanol–water partition coefficient (Wildman–Crippen LogP) is 3.71. The van der Waals surface area contributed by atoms with Crippen LogP contribution >= 0.6 is 23.3 Å². The molecule has 7 nitrogen and oxygen atoms in total. The Morgan fingerprint density at radius 2 is 2.00 bits per heavy atom. The molecule has 32 heavy (non-hydrogen) atoms. The lowest BCUT2D eigenvalue weighted by Gasteiger charge is -2.36. The Bertz CT molecular complexity index is 1020. The van der Waals surface area contributed by atoms with Crippen LogP contribution in [0.15, 0.2) is 54.7 Å². The summed E-state index contributed by atoms with van der Waals surface area (Å²) >= 11 is 7.15. The van der Waals surface area contributed by atoms with Crippen LogP contribution in [-0.2, 0) is 6.54 Å². The summed E-state index contributed by atoms with van der Waals surface area (Å²) in [6.07, 6.45) is 1.30. The van der Waals surface area contributed by atoms with E-state index in [4.69, 9.17) is 16.3 Å². The van der Waals surface area contributed by atoms with Crippen molar-refractivity contribution in [2.75, 3.05) is 37.6 Å². The molecule has 4 rings (SSSR count). The highest BCUT2D eigenvalue weighted by Crippen LogP contribution is 2.22. The molecule has 1 unspecified atom stereocenters. The van der Waals surface area contributed by atoms with Gasteiger partial charge < -0.3 is 15.0 Å². The largest absolute Gasteiger partial charge is 0.489 e. The van der Waals surface area contributed by atoms with Crippen LogP contribution in [0.2, 0.25) is 5.02 Å². The molecular formula is C23H26ClN5O2S. The highest BCUT2D eigenvalue weighted by molar-refractivity contribution is 6.99. The molecule has 0 aliphatic carbocycles. The van der Waals surface area contributed by atoms with Gasteiger partial charge in [0.25, 0.3) is 5.91 Å². The van der Waals surface area contributed by atoms with Crippen LogP contribution in [0.3, 0.4) is 0 Å². The normalized spacial score (nSPS) is 15.4. The standard InChI is InChI=1S/C23H26ClN5O2S/c1-17(14-25-23(30)22-15-26-32-27-22)31-21-7-2-4-18(12-21)16-28-8-10-29(11-9-28)20-6-3-5-19(24)13-20/h2-7,12-13,15,17H,8-11,14,16H2,1H3,(H,25,30). The molecule has 1 aliphatic heterocycles. The molecule has 1 aromatic heterocycles. The van der Waals surface area contributed by atoms with E-state index >= 15 is 0 Å². The number of nitrogens with zero attached hydrogens (tertiary/aromatic N) is 4. The number of carbonyl (C=O) groups is 1. The summed E-state index contributed by atoms with van der Waals surface area (Å²) in [6.45, 7) is 7.14. The Morgan fingerprint density at radius 1 is 1.19 bits per heavy atom. The van der Waals surface area contributed by atoms with E-state index < -0.39 is 0 Å². The molecule has 1 aliphatic rings. The van der Waals surface area contributed by atoms with E-state index in [-0.39, 0.29) is 12.0 Å². The van der Waals surface area contributed by atoms with Crippen molar-refractivity contribution in [3.63, 3.8) is 0 Å². The van der Waals surface area contributed by atoms with Gasteiger partial charge in [0, 0.05) is 43.4 Å². The van der Waals surface area contributed by atoms with E-state index in [9.17, 15) is 4.79 Å². The van der Waals surface area contributed by atoms with Crippen LogP contribution in [0.5, 0.6) is 5.75 Å². The lowest BCUT2D eigenvalue weighted by molar-refractivity contribution is 0.0928. The molecule has 1 amide bonds. The molecule has 1 N–H and O–H groups in total. The lowest BCUT2D eigenvalue weighted by atomic mass is 10.1. The van der Waals surface area contributed by atoms with Gasteiger partial charge in [-0.1, -0.05) is 29.8 Å². The number of hydrogen-bond donors (Lipinski definition) is 1. The second-order valence-electron chi connectivity index (χ2n) is 7.82. The second kappa shape index (κ2) is 10.8. The van der Waals surface area contributed by atoms with Crippen LogP contribution in [0, 0.1) is 0 Å². The molecular weight excluding hydrogens is 446 g/mol. The van der Waals surface area contributed by atoms with Crippen molar-refractivity contribution >= 4 is 34.9 Å². The molecule has 0 spiro atoms. The number of hydrogen-bond acceptors (Lipinski definition) is 7. The third kappa shape index (κ3) is 6.18. The molecule has 3 aromatic rings. The second-order valence-corrected chi connectivity index (χ2v) is 8.81. The number of benzene rings is 2. The van der Waals surface area contributed by atoms with Crippen LogP contribution in [0.1, 0.15) is 23.0 Å². The number of nitrogens with one attached hydrogen (secondary N) is 1. The predicted molar refractivity (Wildman–Crippen MR) is 128 cm³/mol. The first-order chi connectivity index (χ1) is 15.6. The summed E-state index contributed by atoms with van der Waals surface area (Å²) in [7, 11) is 0. The summed E-state index contributed by atoms with van der Waals surface area (Å²) in [4.78, 5) is 16.8. The first-order valence-electron chi connectivity index (χ1n) is 10.6. The van der Waals surface area contributed by atoms with Crippen LogP contribution in [0.25, 0.3) is 0 Å². The zero-order valence-corrected chi connectivity index (χ0v) is 19.5. The highest BCUT2D eigenvalue weighted by atomic mass is 35.5. The first-order valence-corrected chi connectivity index (χ1v) is 11.7. The summed E-state index contributed by atoms with van der Waals surface area (Å²) in [5.74, 6) is 0.567. The van der Waals surface area contributed by atoms with Gasteiger partial charge in [-0.25, -0.2) is 0 Å². The number of anilines is 1. The van der Waals surface area contributed by atoms with E-state index in [1.165, 1.54) is 17.4 Å². The molecule has 2 aromatic carbocycles. The SMILES string of the molecule is CC(CNC(=O)c1cnsn1)Oc1cccc(CN2CCN(c3cccc(Cl)c3)CC2)c1. The molecule has 1 saturated heterocycles. The number of ether oxygens (including phenoxy) is 1. The zero-order chi connectivity index (χ0) is 22.3. The van der Waals surface area contributed by atoms with Crippen LogP contribution in [-0.4, -0.2) is 58.4 Å². The summed E-state index contributed by atoms with van der Waals surface area (Å²) in [6, 6.07) is 16.2. The smallest absolute Gasteiger partial charge is 0.272 e. The van der Waals surface area contributed by atoms with E-state index in [1.807, 2.05) is 37.3 Å². The molecule has 1 atom stereocenters. The van der Waals surface area contributed by atoms with Gasteiger partial charge in [-0.05, 0) is 42.8 Å². The highest BCUT2D eigenvalue weighted by Gasteiger charge is 2.18. The Hall–Kier alpha value is -2.68. The third-order valence-electron chi connectivity index (χ3n) is 5.33. The zero-order valence-electron chi connectivity index (χ0n) is 17.9. The summed E-state index contributed by atoms with van der Waals surface area (Å²) in [5, 5.41) is 3.60. The van der Waals surface area contributed by atoms with Gasteiger partial charge in [-0.15, -0.1) is 0 Å². The number of amides is 1. The molecule has 2 heterocycles. The summed E-state index contributed by atoms with van der Waals surface area (Å²) in [5.41, 5.74) is 2.72. The van der Waals surface area contributed by atoms with E-state index in [2.05, 4.69) is 42.1 Å². The molecule has 1 fully saturated rings. The van der Waals surface area contributed by atoms with Crippen molar-refractivity contribution in [1.82, 2.24) is 19.0 Å². The Labute approximate surface area is 197 Å². The van der Waals surface area contributed by atoms with E-state index in [1.54, 1.807) is 0 Å². The number of carbonyl (C=O) groups excluding carboxylic acids is 1. The van der Waals surface area contributed by atoms with Crippen LogP contribution in [0.4, 0.5) is 5.69 Å². The van der Waals surface area contributed by atoms with Gasteiger partial charge in [0.2, 0.25) is 0 Å². The fraction of sp³-hybridized carbons (Fsp3) is 0.348. The molecule has 9 heteroatoms. The maximum absolute atomic E-state index is 12.0. The molecule has 0 bridgehead atoms. The number of rotatable bonds is 8. The minimum atomic E-state index is -0.236. The number of aromatic nitrogens is 2. The van der Waals surface area contributed by atoms with Crippen molar-refractivity contribution in [2.24, 2.45) is 0 Å².